The van der Waals surface area contributed by atoms with E-state index in [2.05, 4.69) is 25.9 Å². The van der Waals surface area contributed by atoms with E-state index in [1.165, 1.54) is 6.08 Å². The number of aromatic nitrogens is 2. The minimum atomic E-state index is -4.55. The zero-order chi connectivity index (χ0) is 19.5. The van der Waals surface area contributed by atoms with E-state index in [-0.39, 0.29) is 30.1 Å². The van der Waals surface area contributed by atoms with Crippen molar-refractivity contribution in [2.24, 2.45) is 5.73 Å². The fourth-order valence-corrected chi connectivity index (χ4v) is 1.96. The molecule has 1 fully saturated rings. The summed E-state index contributed by atoms with van der Waals surface area (Å²) in [5.41, 5.74) is 4.28. The molecule has 2 rings (SSSR count). The molecule has 1 aliphatic rings. The molecule has 0 spiro atoms. The molecule has 7 nitrogen and oxygen atoms in total. The Morgan fingerprint density at radius 1 is 1.38 bits per heavy atom. The van der Waals surface area contributed by atoms with Gasteiger partial charge in [-0.2, -0.15) is 18.2 Å². The van der Waals surface area contributed by atoms with Crippen LogP contribution in [0.25, 0.3) is 0 Å². The van der Waals surface area contributed by atoms with Crippen LogP contribution in [0.5, 0.6) is 0 Å². The van der Waals surface area contributed by atoms with E-state index in [0.29, 0.717) is 5.82 Å². The fraction of sp³-hybridized carbons (Fsp3) is 0.562. The highest BCUT2D eigenvalue weighted by atomic mass is 19.4. The molecule has 0 bridgehead atoms. The highest BCUT2D eigenvalue weighted by molar-refractivity contribution is 6.00. The Morgan fingerprint density at radius 3 is 2.54 bits per heavy atom. The average molecular weight is 371 g/mol. The molecular weight excluding hydrogens is 347 g/mol. The predicted octanol–water partition coefficient (Wildman–Crippen LogP) is 2.69. The van der Waals surface area contributed by atoms with E-state index >= 15 is 0 Å². The quantitative estimate of drug-likeness (QED) is 0.449. The van der Waals surface area contributed by atoms with Crippen LogP contribution in [0.4, 0.5) is 24.9 Å². The van der Waals surface area contributed by atoms with Crippen molar-refractivity contribution < 1.29 is 13.2 Å². The van der Waals surface area contributed by atoms with Gasteiger partial charge in [-0.25, -0.2) is 4.98 Å². The zero-order valence-electron chi connectivity index (χ0n) is 15.0. The Labute approximate surface area is 150 Å². The minimum absolute atomic E-state index is 0.00372. The largest absolute Gasteiger partial charge is 0.421 e. The molecule has 0 amide bonds. The van der Waals surface area contributed by atoms with Gasteiger partial charge in [0.15, 0.2) is 0 Å². The fourth-order valence-electron chi connectivity index (χ4n) is 1.96. The first-order chi connectivity index (χ1) is 12.0. The Hall–Kier alpha value is -2.36. The molecule has 0 saturated heterocycles. The molecule has 6 N–H and O–H groups in total. The second-order valence-corrected chi connectivity index (χ2v) is 6.72. The van der Waals surface area contributed by atoms with Gasteiger partial charge in [-0.15, -0.1) is 0 Å². The molecule has 144 valence electrons. The lowest BCUT2D eigenvalue weighted by Gasteiger charge is -2.20. The first-order valence-corrected chi connectivity index (χ1v) is 8.32. The number of nitrogens with two attached hydrogens (primary N) is 1. The van der Waals surface area contributed by atoms with E-state index in [1.807, 2.05) is 0 Å². The first kappa shape index (κ1) is 20.0. The maximum atomic E-state index is 13.0. The zero-order valence-corrected chi connectivity index (χ0v) is 15.0. The second kappa shape index (κ2) is 7.48. The van der Waals surface area contributed by atoms with Gasteiger partial charge < -0.3 is 27.1 Å². The number of nitrogens with zero attached hydrogens (tertiary/aromatic N) is 2. The van der Waals surface area contributed by atoms with Crippen LogP contribution in [0, 0.1) is 5.41 Å². The summed E-state index contributed by atoms with van der Waals surface area (Å²) in [4.78, 5) is 7.69. The van der Waals surface area contributed by atoms with E-state index in [4.69, 9.17) is 11.1 Å². The molecular formula is C16H24F3N7. The van der Waals surface area contributed by atoms with Gasteiger partial charge in [-0.05, 0) is 33.6 Å². The topological polar surface area (TPSA) is 112 Å². The SMILES string of the molecule is CCNc1nc(N/C(=C/C(=N)C(C)(C)N)NC2CC2)ncc1C(F)(F)F. The third-order valence-corrected chi connectivity index (χ3v) is 3.60. The molecule has 0 aliphatic heterocycles. The minimum Gasteiger partial charge on any atom is -0.370 e. The Morgan fingerprint density at radius 2 is 2.04 bits per heavy atom. The van der Waals surface area contributed by atoms with Crippen molar-refractivity contribution in [1.82, 2.24) is 15.3 Å². The number of rotatable bonds is 8. The van der Waals surface area contributed by atoms with Crippen LogP contribution in [0.1, 0.15) is 39.2 Å². The summed E-state index contributed by atoms with van der Waals surface area (Å²) >= 11 is 0. The molecule has 1 heterocycles. The summed E-state index contributed by atoms with van der Waals surface area (Å²) in [5.74, 6) is 0.131. The number of nitrogens with one attached hydrogen (secondary N) is 4. The predicted molar refractivity (Wildman–Crippen MR) is 95.1 cm³/mol. The highest BCUT2D eigenvalue weighted by Gasteiger charge is 2.35. The number of anilines is 2. The standard InChI is InChI=1S/C16H24F3N7/c1-4-22-13-10(16(17,18)19)8-23-14(26-13)25-12(24-9-5-6-9)7-11(20)15(2,3)21/h7-9,20,24H,4-6,21H2,1-3H3,(H2,22,23,25,26)/b12-7+,20-11?. The summed E-state index contributed by atoms with van der Waals surface area (Å²) in [6, 6.07) is 0.255. The summed E-state index contributed by atoms with van der Waals surface area (Å²) in [5, 5.41) is 16.7. The van der Waals surface area contributed by atoms with Crippen LogP contribution in [0.2, 0.25) is 0 Å². The van der Waals surface area contributed by atoms with Crippen molar-refractivity contribution in [1.29, 1.82) is 5.41 Å². The van der Waals surface area contributed by atoms with Gasteiger partial charge in [0.2, 0.25) is 5.95 Å². The highest BCUT2D eigenvalue weighted by Crippen LogP contribution is 2.33. The van der Waals surface area contributed by atoms with E-state index in [0.717, 1.165) is 19.0 Å². The molecule has 1 aromatic rings. The Bertz CT molecular complexity index is 688. The van der Waals surface area contributed by atoms with Crippen LogP contribution in [0.3, 0.4) is 0 Å². The molecule has 1 aromatic heterocycles. The van der Waals surface area contributed by atoms with Gasteiger partial charge in [-0.3, -0.25) is 0 Å². The third kappa shape index (κ3) is 5.58. The van der Waals surface area contributed by atoms with Crippen molar-refractivity contribution in [2.45, 2.75) is 51.4 Å². The molecule has 26 heavy (non-hydrogen) atoms. The molecule has 0 atom stereocenters. The summed E-state index contributed by atoms with van der Waals surface area (Å²) in [7, 11) is 0. The lowest BCUT2D eigenvalue weighted by atomic mass is 10.00. The van der Waals surface area contributed by atoms with Crippen LogP contribution < -0.4 is 21.7 Å². The average Bonchev–Trinajstić information content (AvgIpc) is 3.29. The maximum Gasteiger partial charge on any atom is 0.421 e. The lowest BCUT2D eigenvalue weighted by Crippen LogP contribution is -2.41. The van der Waals surface area contributed by atoms with Crippen molar-refractivity contribution >= 4 is 17.5 Å². The van der Waals surface area contributed by atoms with Crippen LogP contribution in [-0.4, -0.2) is 33.8 Å². The van der Waals surface area contributed by atoms with Gasteiger partial charge >= 0.3 is 6.18 Å². The first-order valence-electron chi connectivity index (χ1n) is 8.32. The number of halogens is 3. The van der Waals surface area contributed by atoms with Crippen molar-refractivity contribution in [2.75, 3.05) is 17.2 Å². The van der Waals surface area contributed by atoms with Crippen LogP contribution >= 0.6 is 0 Å². The Balaban J connectivity index is 2.28. The molecule has 0 radical (unpaired) electrons. The van der Waals surface area contributed by atoms with Crippen molar-refractivity contribution in [3.05, 3.63) is 23.7 Å². The van der Waals surface area contributed by atoms with Crippen molar-refractivity contribution in [3.8, 4) is 0 Å². The lowest BCUT2D eigenvalue weighted by molar-refractivity contribution is -0.137. The van der Waals surface area contributed by atoms with Crippen molar-refractivity contribution in [3.63, 3.8) is 0 Å². The third-order valence-electron chi connectivity index (χ3n) is 3.60. The van der Waals surface area contributed by atoms with Gasteiger partial charge in [0, 0.05) is 24.9 Å². The van der Waals surface area contributed by atoms with E-state index in [9.17, 15) is 13.2 Å². The maximum absolute atomic E-state index is 13.0. The molecule has 0 unspecified atom stereocenters. The monoisotopic (exact) mass is 371 g/mol. The Kier molecular flexibility index (Phi) is 5.74. The van der Waals surface area contributed by atoms with Gasteiger partial charge in [0.25, 0.3) is 0 Å². The second-order valence-electron chi connectivity index (χ2n) is 6.72. The van der Waals surface area contributed by atoms with Gasteiger partial charge in [0.1, 0.15) is 17.2 Å². The van der Waals surface area contributed by atoms with Crippen LogP contribution in [-0.2, 0) is 6.18 Å². The van der Waals surface area contributed by atoms with Gasteiger partial charge in [0.05, 0.1) is 11.3 Å². The number of alkyl halides is 3. The summed E-state index contributed by atoms with van der Waals surface area (Å²) in [6.07, 6.45) is -0.344. The molecule has 10 heteroatoms. The van der Waals surface area contributed by atoms with E-state index < -0.39 is 17.3 Å². The number of hydrogen-bond acceptors (Lipinski definition) is 7. The van der Waals surface area contributed by atoms with Gasteiger partial charge in [-0.1, -0.05) is 0 Å². The summed E-state index contributed by atoms with van der Waals surface area (Å²) < 4.78 is 39.1. The molecule has 0 aromatic carbocycles. The summed E-state index contributed by atoms with van der Waals surface area (Å²) in [6.45, 7) is 5.35. The number of hydrogen-bond donors (Lipinski definition) is 5. The molecule has 1 aliphatic carbocycles. The molecule has 1 saturated carbocycles. The van der Waals surface area contributed by atoms with E-state index in [1.54, 1.807) is 20.8 Å². The smallest absolute Gasteiger partial charge is 0.370 e. The van der Waals surface area contributed by atoms with Crippen LogP contribution in [0.15, 0.2) is 18.1 Å². The normalized spacial score (nSPS) is 15.6.